The van der Waals surface area contributed by atoms with E-state index in [-0.39, 0.29) is 23.7 Å². The average Bonchev–Trinajstić information content (AvgIpc) is 3.13. The molecule has 1 amide bonds. The highest BCUT2D eigenvalue weighted by Crippen LogP contribution is 2.29. The molecule has 1 saturated heterocycles. The van der Waals surface area contributed by atoms with Gasteiger partial charge < -0.3 is 4.90 Å². The van der Waals surface area contributed by atoms with Crippen molar-refractivity contribution in [3.8, 4) is 16.5 Å². The van der Waals surface area contributed by atoms with E-state index >= 15 is 0 Å². The number of hydrogen-bond donors (Lipinski definition) is 0. The fourth-order valence-corrected chi connectivity index (χ4v) is 4.21. The Morgan fingerprint density at radius 2 is 1.77 bits per heavy atom. The van der Waals surface area contributed by atoms with Crippen LogP contribution in [0.25, 0.3) is 10.4 Å². The lowest BCUT2D eigenvalue weighted by atomic mass is 10.0. The number of rotatable bonds is 4. The molecule has 6 heteroatoms. The first kappa shape index (κ1) is 18.6. The van der Waals surface area contributed by atoms with Crippen LogP contribution in [-0.4, -0.2) is 47.9 Å². The Hall–Kier alpha value is -2.23. The lowest BCUT2D eigenvalue weighted by Gasteiger charge is -2.38. The molecule has 2 heterocycles. The molecule has 1 aliphatic rings. The Kier molecular flexibility index (Phi) is 5.70. The van der Waals surface area contributed by atoms with Crippen molar-refractivity contribution in [2.24, 2.45) is 5.92 Å². The quantitative estimate of drug-likeness (QED) is 0.820. The third kappa shape index (κ3) is 3.95. The molecule has 1 aromatic carbocycles. The van der Waals surface area contributed by atoms with Crippen LogP contribution in [0.15, 0.2) is 36.4 Å². The summed E-state index contributed by atoms with van der Waals surface area (Å²) in [6.07, 6.45) is 0. The van der Waals surface area contributed by atoms with E-state index in [0.717, 1.165) is 23.5 Å². The van der Waals surface area contributed by atoms with Crippen LogP contribution in [0.1, 0.15) is 23.5 Å². The summed E-state index contributed by atoms with van der Waals surface area (Å²) >= 11 is 1.43. The Balaban J connectivity index is 1.64. The summed E-state index contributed by atoms with van der Waals surface area (Å²) in [5, 5.41) is 9.34. The fourth-order valence-electron chi connectivity index (χ4n) is 3.23. The van der Waals surface area contributed by atoms with E-state index in [1.54, 1.807) is 12.1 Å². The van der Waals surface area contributed by atoms with Crippen LogP contribution in [-0.2, 0) is 0 Å². The minimum atomic E-state index is -0.267. The number of carbonyl (C=O) groups excluding carboxylic acids is 1. The molecule has 0 saturated carbocycles. The summed E-state index contributed by atoms with van der Waals surface area (Å²) in [6, 6.07) is 12.3. The monoisotopic (exact) mass is 371 g/mol. The van der Waals surface area contributed by atoms with E-state index in [1.165, 1.54) is 23.5 Å². The molecule has 0 aliphatic carbocycles. The van der Waals surface area contributed by atoms with E-state index in [1.807, 2.05) is 30.9 Å². The van der Waals surface area contributed by atoms with Gasteiger partial charge in [-0.1, -0.05) is 26.0 Å². The molecule has 26 heavy (non-hydrogen) atoms. The minimum absolute atomic E-state index is 0.0288. The topological polar surface area (TPSA) is 47.3 Å². The third-order valence-corrected chi connectivity index (χ3v) is 5.83. The Bertz CT molecular complexity index is 801. The molecule has 0 bridgehead atoms. The third-order valence-electron chi connectivity index (χ3n) is 4.70. The molecule has 1 aliphatic heterocycles. The molecule has 4 nitrogen and oxygen atoms in total. The van der Waals surface area contributed by atoms with Gasteiger partial charge in [0, 0.05) is 31.1 Å². The van der Waals surface area contributed by atoms with Gasteiger partial charge in [0.2, 0.25) is 0 Å². The van der Waals surface area contributed by atoms with Crippen molar-refractivity contribution < 1.29 is 9.18 Å². The zero-order chi connectivity index (χ0) is 18.7. The number of hydrogen-bond acceptors (Lipinski definition) is 4. The van der Waals surface area contributed by atoms with Gasteiger partial charge in [0.25, 0.3) is 5.91 Å². The van der Waals surface area contributed by atoms with Gasteiger partial charge in [-0.25, -0.2) is 4.39 Å². The molecular formula is C20H22FN3OS. The molecule has 2 aromatic rings. The summed E-state index contributed by atoms with van der Waals surface area (Å²) < 4.78 is 13.1. The molecule has 0 spiro atoms. The molecule has 1 unspecified atom stereocenters. The van der Waals surface area contributed by atoms with Crippen molar-refractivity contribution >= 4 is 17.2 Å². The standard InChI is InChI=1S/C20H22FN3OS/c1-14(2)17(13-22)23-9-11-24(12-10-23)20(25)19-8-7-18(26-19)15-3-5-16(21)6-4-15/h3-8,14,17H,9-12H2,1-2H3. The van der Waals surface area contributed by atoms with Gasteiger partial charge in [-0.3, -0.25) is 9.69 Å². The fraction of sp³-hybridized carbons (Fsp3) is 0.400. The lowest BCUT2D eigenvalue weighted by Crippen LogP contribution is -2.52. The van der Waals surface area contributed by atoms with Gasteiger partial charge >= 0.3 is 0 Å². The van der Waals surface area contributed by atoms with E-state index < -0.39 is 0 Å². The number of nitriles is 1. The first-order valence-electron chi connectivity index (χ1n) is 8.78. The SMILES string of the molecule is CC(C)C(C#N)N1CCN(C(=O)c2ccc(-c3ccc(F)cc3)s2)CC1. The second kappa shape index (κ2) is 7.98. The van der Waals surface area contributed by atoms with Gasteiger partial charge in [0.15, 0.2) is 0 Å². The van der Waals surface area contributed by atoms with E-state index in [9.17, 15) is 14.4 Å². The van der Waals surface area contributed by atoms with Crippen LogP contribution < -0.4 is 0 Å². The molecule has 136 valence electrons. The number of carbonyl (C=O) groups is 1. The number of benzene rings is 1. The highest BCUT2D eigenvalue weighted by atomic mass is 32.1. The number of thiophene rings is 1. The summed E-state index contributed by atoms with van der Waals surface area (Å²) in [4.78, 5) is 18.4. The van der Waals surface area contributed by atoms with Crippen molar-refractivity contribution in [3.05, 3.63) is 47.1 Å². The van der Waals surface area contributed by atoms with Crippen LogP contribution in [0.5, 0.6) is 0 Å². The van der Waals surface area contributed by atoms with Gasteiger partial charge in [-0.2, -0.15) is 5.26 Å². The predicted molar refractivity (Wildman–Crippen MR) is 101 cm³/mol. The number of halogens is 1. The van der Waals surface area contributed by atoms with Crippen LogP contribution in [0.2, 0.25) is 0 Å². The second-order valence-corrected chi connectivity index (χ2v) is 7.90. The van der Waals surface area contributed by atoms with Crippen molar-refractivity contribution in [1.29, 1.82) is 5.26 Å². The Morgan fingerprint density at radius 1 is 1.12 bits per heavy atom. The van der Waals surface area contributed by atoms with Gasteiger partial charge in [0.05, 0.1) is 10.9 Å². The molecule has 1 atom stereocenters. The van der Waals surface area contributed by atoms with E-state index in [0.29, 0.717) is 18.0 Å². The van der Waals surface area contributed by atoms with E-state index in [2.05, 4.69) is 11.0 Å². The molecule has 1 fully saturated rings. The summed E-state index contributed by atoms with van der Waals surface area (Å²) in [7, 11) is 0. The smallest absolute Gasteiger partial charge is 0.264 e. The first-order chi connectivity index (χ1) is 12.5. The Labute approximate surface area is 157 Å². The maximum atomic E-state index is 13.1. The summed E-state index contributed by atoms with van der Waals surface area (Å²) in [6.45, 7) is 6.81. The van der Waals surface area contributed by atoms with Crippen LogP contribution in [0, 0.1) is 23.1 Å². The molecule has 0 radical (unpaired) electrons. The predicted octanol–water partition coefficient (Wildman–Crippen LogP) is 3.86. The minimum Gasteiger partial charge on any atom is -0.335 e. The largest absolute Gasteiger partial charge is 0.335 e. The molecule has 1 aromatic heterocycles. The van der Waals surface area contributed by atoms with Gasteiger partial charge in [-0.05, 0) is 35.7 Å². The van der Waals surface area contributed by atoms with Crippen molar-refractivity contribution in [2.45, 2.75) is 19.9 Å². The van der Waals surface area contributed by atoms with Crippen molar-refractivity contribution in [1.82, 2.24) is 9.80 Å². The zero-order valence-electron chi connectivity index (χ0n) is 15.0. The van der Waals surface area contributed by atoms with Crippen LogP contribution in [0.3, 0.4) is 0 Å². The maximum Gasteiger partial charge on any atom is 0.264 e. The highest BCUT2D eigenvalue weighted by molar-refractivity contribution is 7.17. The van der Waals surface area contributed by atoms with Gasteiger partial charge in [0.1, 0.15) is 11.9 Å². The van der Waals surface area contributed by atoms with Crippen LogP contribution in [0.4, 0.5) is 4.39 Å². The maximum absolute atomic E-state index is 13.1. The number of nitrogens with zero attached hydrogens (tertiary/aromatic N) is 3. The Morgan fingerprint density at radius 3 is 2.35 bits per heavy atom. The van der Waals surface area contributed by atoms with Crippen molar-refractivity contribution in [3.63, 3.8) is 0 Å². The second-order valence-electron chi connectivity index (χ2n) is 6.82. The summed E-state index contributed by atoms with van der Waals surface area (Å²) in [5.41, 5.74) is 0.911. The summed E-state index contributed by atoms with van der Waals surface area (Å²) in [5.74, 6) is 0.0374. The van der Waals surface area contributed by atoms with Crippen molar-refractivity contribution in [2.75, 3.05) is 26.2 Å². The average molecular weight is 371 g/mol. The number of amides is 1. The molecular weight excluding hydrogens is 349 g/mol. The van der Waals surface area contributed by atoms with Gasteiger partial charge in [-0.15, -0.1) is 11.3 Å². The number of piperazine rings is 1. The van der Waals surface area contributed by atoms with E-state index in [4.69, 9.17) is 0 Å². The normalized spacial score (nSPS) is 16.5. The molecule has 3 rings (SSSR count). The first-order valence-corrected chi connectivity index (χ1v) is 9.60. The molecule has 0 N–H and O–H groups in total. The highest BCUT2D eigenvalue weighted by Gasteiger charge is 2.28. The lowest BCUT2D eigenvalue weighted by molar-refractivity contribution is 0.0581. The zero-order valence-corrected chi connectivity index (χ0v) is 15.8. The van der Waals surface area contributed by atoms with Crippen LogP contribution >= 0.6 is 11.3 Å².